The van der Waals surface area contributed by atoms with E-state index in [1.807, 2.05) is 11.3 Å². The number of nitrogens with one attached hydrogen (secondary N) is 1. The molecule has 3 N–H and O–H groups in total. The van der Waals surface area contributed by atoms with Gasteiger partial charge in [0.1, 0.15) is 11.3 Å². The molecular formula is C20H29N5S. The van der Waals surface area contributed by atoms with Crippen LogP contribution in [0.5, 0.6) is 0 Å². The first-order chi connectivity index (χ1) is 12.6. The Morgan fingerprint density at radius 1 is 1.31 bits per heavy atom. The predicted octanol–water partition coefficient (Wildman–Crippen LogP) is 4.69. The van der Waals surface area contributed by atoms with Crippen molar-refractivity contribution >= 4 is 38.4 Å². The molecule has 0 unspecified atom stereocenters. The van der Waals surface area contributed by atoms with Crippen LogP contribution in [0.4, 0.5) is 5.82 Å². The third-order valence-electron chi connectivity index (χ3n) is 5.62. The number of aryl methyl sites for hydroxylation is 1. The third kappa shape index (κ3) is 3.21. The normalized spacial score (nSPS) is 17.1. The SMILES string of the molecule is CCCCc1nc2c(N)nc3cc(C4CCN(C(C)C)CC4)sc3c2[nH]1. The van der Waals surface area contributed by atoms with E-state index in [1.165, 1.54) is 41.9 Å². The predicted molar refractivity (Wildman–Crippen MR) is 111 cm³/mol. The molecule has 6 heteroatoms. The van der Waals surface area contributed by atoms with E-state index in [0.717, 1.165) is 35.2 Å². The number of rotatable bonds is 5. The van der Waals surface area contributed by atoms with Crippen LogP contribution in [0.15, 0.2) is 6.07 Å². The van der Waals surface area contributed by atoms with Crippen LogP contribution in [0.25, 0.3) is 21.3 Å². The fourth-order valence-corrected chi connectivity index (χ4v) is 5.25. The van der Waals surface area contributed by atoms with E-state index in [1.54, 1.807) is 0 Å². The minimum atomic E-state index is 0.547. The highest BCUT2D eigenvalue weighted by atomic mass is 32.1. The lowest BCUT2D eigenvalue weighted by atomic mass is 9.94. The maximum atomic E-state index is 6.21. The molecule has 1 aliphatic rings. The summed E-state index contributed by atoms with van der Waals surface area (Å²) in [5.41, 5.74) is 9.15. The summed E-state index contributed by atoms with van der Waals surface area (Å²) >= 11 is 1.88. The number of aromatic nitrogens is 3. The van der Waals surface area contributed by atoms with Crippen molar-refractivity contribution in [2.24, 2.45) is 0 Å². The molecule has 3 aromatic rings. The summed E-state index contributed by atoms with van der Waals surface area (Å²) in [4.78, 5) is 16.9. The maximum absolute atomic E-state index is 6.21. The number of H-pyrrole nitrogens is 1. The number of nitrogen functional groups attached to an aromatic ring is 1. The average Bonchev–Trinajstić information content (AvgIpc) is 3.24. The highest BCUT2D eigenvalue weighted by Crippen LogP contribution is 2.39. The molecule has 4 heterocycles. The van der Waals surface area contributed by atoms with Crippen molar-refractivity contribution in [1.29, 1.82) is 0 Å². The summed E-state index contributed by atoms with van der Waals surface area (Å²) < 4.78 is 1.21. The van der Waals surface area contributed by atoms with E-state index in [0.29, 0.717) is 17.8 Å². The van der Waals surface area contributed by atoms with Crippen LogP contribution < -0.4 is 5.73 Å². The summed E-state index contributed by atoms with van der Waals surface area (Å²) in [7, 11) is 0. The van der Waals surface area contributed by atoms with Crippen LogP contribution in [-0.4, -0.2) is 39.0 Å². The van der Waals surface area contributed by atoms with Gasteiger partial charge in [0.15, 0.2) is 5.82 Å². The molecule has 0 aliphatic carbocycles. The summed E-state index contributed by atoms with van der Waals surface area (Å²) in [6.45, 7) is 9.15. The number of nitrogens with two attached hydrogens (primary N) is 1. The second-order valence-electron chi connectivity index (χ2n) is 7.77. The van der Waals surface area contributed by atoms with E-state index < -0.39 is 0 Å². The van der Waals surface area contributed by atoms with E-state index in [9.17, 15) is 0 Å². The van der Waals surface area contributed by atoms with Crippen molar-refractivity contribution in [3.8, 4) is 0 Å². The summed E-state index contributed by atoms with van der Waals surface area (Å²) in [5.74, 6) is 2.22. The topological polar surface area (TPSA) is 70.8 Å². The number of thiophene rings is 1. The highest BCUT2D eigenvalue weighted by Gasteiger charge is 2.24. The number of fused-ring (bicyclic) bond motifs is 3. The Hall–Kier alpha value is -1.66. The zero-order valence-corrected chi connectivity index (χ0v) is 16.8. The summed E-state index contributed by atoms with van der Waals surface area (Å²) in [5, 5.41) is 0. The van der Waals surface area contributed by atoms with Gasteiger partial charge in [-0.3, -0.25) is 0 Å². The molecule has 0 amide bonds. The van der Waals surface area contributed by atoms with Gasteiger partial charge in [0.25, 0.3) is 0 Å². The highest BCUT2D eigenvalue weighted by molar-refractivity contribution is 7.20. The molecule has 0 saturated carbocycles. The molecule has 26 heavy (non-hydrogen) atoms. The number of pyridine rings is 1. The molecule has 0 atom stereocenters. The fourth-order valence-electron chi connectivity index (χ4n) is 3.98. The lowest BCUT2D eigenvalue weighted by Gasteiger charge is -2.34. The fraction of sp³-hybridized carbons (Fsp3) is 0.600. The number of aromatic amines is 1. The Morgan fingerprint density at radius 2 is 2.08 bits per heavy atom. The van der Waals surface area contributed by atoms with E-state index in [2.05, 4.69) is 41.7 Å². The quantitative estimate of drug-likeness (QED) is 0.683. The molecule has 0 bridgehead atoms. The van der Waals surface area contributed by atoms with Crippen molar-refractivity contribution in [2.45, 2.75) is 64.8 Å². The smallest absolute Gasteiger partial charge is 0.152 e. The van der Waals surface area contributed by atoms with Gasteiger partial charge in [-0.2, -0.15) is 0 Å². The van der Waals surface area contributed by atoms with Gasteiger partial charge in [0.05, 0.1) is 15.7 Å². The Balaban J connectivity index is 1.66. The second-order valence-corrected chi connectivity index (χ2v) is 8.86. The molecule has 5 nitrogen and oxygen atoms in total. The first-order valence-electron chi connectivity index (χ1n) is 9.88. The van der Waals surface area contributed by atoms with Gasteiger partial charge in [-0.25, -0.2) is 9.97 Å². The van der Waals surface area contributed by atoms with Crippen molar-refractivity contribution < 1.29 is 0 Å². The van der Waals surface area contributed by atoms with Crippen molar-refractivity contribution in [1.82, 2.24) is 19.9 Å². The molecule has 3 aromatic heterocycles. The zero-order chi connectivity index (χ0) is 18.3. The van der Waals surface area contributed by atoms with Gasteiger partial charge < -0.3 is 15.6 Å². The molecule has 1 aliphatic heterocycles. The summed E-state index contributed by atoms with van der Waals surface area (Å²) in [6.07, 6.45) is 5.74. The number of hydrogen-bond acceptors (Lipinski definition) is 5. The lowest BCUT2D eigenvalue weighted by Crippen LogP contribution is -2.37. The van der Waals surface area contributed by atoms with Gasteiger partial charge in [0, 0.05) is 17.3 Å². The van der Waals surface area contributed by atoms with E-state index in [4.69, 9.17) is 10.7 Å². The maximum Gasteiger partial charge on any atom is 0.152 e. The summed E-state index contributed by atoms with van der Waals surface area (Å²) in [6, 6.07) is 2.91. The molecular weight excluding hydrogens is 342 g/mol. The minimum absolute atomic E-state index is 0.547. The monoisotopic (exact) mass is 371 g/mol. The first kappa shape index (κ1) is 17.7. The lowest BCUT2D eigenvalue weighted by molar-refractivity contribution is 0.173. The first-order valence-corrected chi connectivity index (χ1v) is 10.7. The molecule has 140 valence electrons. The van der Waals surface area contributed by atoms with Crippen molar-refractivity contribution in [3.05, 3.63) is 16.8 Å². The molecule has 0 aromatic carbocycles. The Labute approximate surface area is 159 Å². The van der Waals surface area contributed by atoms with Crippen LogP contribution in [0.3, 0.4) is 0 Å². The largest absolute Gasteiger partial charge is 0.382 e. The van der Waals surface area contributed by atoms with Crippen molar-refractivity contribution in [3.63, 3.8) is 0 Å². The van der Waals surface area contributed by atoms with Crippen LogP contribution in [0.1, 0.15) is 63.1 Å². The number of nitrogens with zero attached hydrogens (tertiary/aromatic N) is 3. The number of likely N-dealkylation sites (tertiary alicyclic amines) is 1. The Bertz CT molecular complexity index is 902. The third-order valence-corrected chi connectivity index (χ3v) is 6.93. The molecule has 0 radical (unpaired) electrons. The Kier molecular flexibility index (Phi) is 4.88. The van der Waals surface area contributed by atoms with Crippen LogP contribution in [-0.2, 0) is 6.42 Å². The number of anilines is 1. The van der Waals surface area contributed by atoms with Gasteiger partial charge in [0.2, 0.25) is 0 Å². The molecule has 4 rings (SSSR count). The molecule has 1 saturated heterocycles. The minimum Gasteiger partial charge on any atom is -0.382 e. The Morgan fingerprint density at radius 3 is 2.77 bits per heavy atom. The van der Waals surface area contributed by atoms with Gasteiger partial charge in [-0.1, -0.05) is 13.3 Å². The van der Waals surface area contributed by atoms with E-state index >= 15 is 0 Å². The standard InChI is InChI=1S/C20H29N5S/c1-4-5-6-16-23-17-18(24-16)20(21)22-14-11-15(26-19(14)17)13-7-9-25(10-8-13)12(2)3/h11-13H,4-10H2,1-3H3,(H2,21,22)(H,23,24). The zero-order valence-electron chi connectivity index (χ0n) is 16.0. The van der Waals surface area contributed by atoms with Gasteiger partial charge >= 0.3 is 0 Å². The number of hydrogen-bond donors (Lipinski definition) is 2. The van der Waals surface area contributed by atoms with Crippen molar-refractivity contribution in [2.75, 3.05) is 18.8 Å². The number of piperidine rings is 1. The van der Waals surface area contributed by atoms with Gasteiger partial charge in [-0.05, 0) is 58.2 Å². The van der Waals surface area contributed by atoms with Crippen LogP contribution >= 0.6 is 11.3 Å². The van der Waals surface area contributed by atoms with Crippen LogP contribution in [0, 0.1) is 0 Å². The average molecular weight is 372 g/mol. The number of unbranched alkanes of at least 4 members (excludes halogenated alkanes) is 1. The molecule has 0 spiro atoms. The van der Waals surface area contributed by atoms with E-state index in [-0.39, 0.29) is 0 Å². The number of imidazole rings is 1. The van der Waals surface area contributed by atoms with Gasteiger partial charge in [-0.15, -0.1) is 11.3 Å². The van der Waals surface area contributed by atoms with Crippen LogP contribution in [0.2, 0.25) is 0 Å². The second kappa shape index (κ2) is 7.16. The molecule has 1 fully saturated rings.